The van der Waals surface area contributed by atoms with E-state index in [-0.39, 0.29) is 5.92 Å². The Balaban J connectivity index is 1.68. The highest BCUT2D eigenvalue weighted by molar-refractivity contribution is 6.30. The normalized spacial score (nSPS) is 22.5. The lowest BCUT2D eigenvalue weighted by atomic mass is 9.83. The summed E-state index contributed by atoms with van der Waals surface area (Å²) >= 11 is 6.25. The van der Waals surface area contributed by atoms with Crippen LogP contribution in [0.15, 0.2) is 24.5 Å². The molecule has 0 bridgehead atoms. The number of imidazole rings is 1. The third kappa shape index (κ3) is 4.49. The van der Waals surface area contributed by atoms with Crippen LogP contribution in [0.2, 0.25) is 5.02 Å². The van der Waals surface area contributed by atoms with E-state index in [1.165, 1.54) is 25.7 Å². The summed E-state index contributed by atoms with van der Waals surface area (Å²) < 4.78 is 2.20. The summed E-state index contributed by atoms with van der Waals surface area (Å²) in [5, 5.41) is 21.5. The number of rotatable bonds is 5. The number of pyridine rings is 2. The molecule has 1 unspecified atom stereocenters. The lowest BCUT2D eigenvalue weighted by molar-refractivity contribution is 0.0975. The fourth-order valence-corrected chi connectivity index (χ4v) is 5.81. The first kappa shape index (κ1) is 22.3. The van der Waals surface area contributed by atoms with Gasteiger partial charge in [0.2, 0.25) is 0 Å². The van der Waals surface area contributed by atoms with Gasteiger partial charge in [-0.3, -0.25) is 4.98 Å². The van der Waals surface area contributed by atoms with Gasteiger partial charge in [-0.1, -0.05) is 44.2 Å². The van der Waals surface area contributed by atoms with Gasteiger partial charge in [0.15, 0.2) is 0 Å². The molecule has 2 aliphatic carbocycles. The largest absolute Gasteiger partial charge is 0.385 e. The predicted octanol–water partition coefficient (Wildman–Crippen LogP) is 6.07. The van der Waals surface area contributed by atoms with Crippen LogP contribution < -0.4 is 0 Å². The number of aliphatic hydroxyl groups excluding tert-OH is 1. The minimum atomic E-state index is -0.613. The summed E-state index contributed by atoms with van der Waals surface area (Å²) in [6.45, 7) is 3.13. The molecule has 2 aliphatic rings. The maximum Gasteiger partial charge on any atom is 0.143 e. The second kappa shape index (κ2) is 9.40. The first-order chi connectivity index (χ1) is 16.0. The first-order valence-electron chi connectivity index (χ1n) is 12.1. The average molecular weight is 464 g/mol. The van der Waals surface area contributed by atoms with Gasteiger partial charge in [0.05, 0.1) is 21.7 Å². The molecule has 172 valence electrons. The van der Waals surface area contributed by atoms with Crippen LogP contribution in [0.25, 0.3) is 22.3 Å². The van der Waals surface area contributed by atoms with E-state index in [0.29, 0.717) is 33.7 Å². The van der Waals surface area contributed by atoms with Crippen molar-refractivity contribution in [3.63, 3.8) is 0 Å². The van der Waals surface area contributed by atoms with Crippen LogP contribution in [0.4, 0.5) is 0 Å². The molecule has 0 spiro atoms. The van der Waals surface area contributed by atoms with Crippen molar-refractivity contribution >= 4 is 22.6 Å². The Kier molecular flexibility index (Phi) is 6.36. The van der Waals surface area contributed by atoms with Crippen LogP contribution >= 0.6 is 11.6 Å². The Morgan fingerprint density at radius 2 is 1.88 bits per heavy atom. The Labute approximate surface area is 199 Å². The zero-order valence-corrected chi connectivity index (χ0v) is 19.8. The summed E-state index contributed by atoms with van der Waals surface area (Å²) in [5.74, 6) is 2.25. The average Bonchev–Trinajstić information content (AvgIpc) is 3.48. The van der Waals surface area contributed by atoms with Crippen LogP contribution in [0.5, 0.6) is 0 Å². The highest BCUT2D eigenvalue weighted by Crippen LogP contribution is 2.39. The van der Waals surface area contributed by atoms with E-state index in [4.69, 9.17) is 16.6 Å². The van der Waals surface area contributed by atoms with Crippen molar-refractivity contribution in [3.05, 3.63) is 41.1 Å². The number of aromatic nitrogens is 4. The molecule has 0 amide bonds. The Morgan fingerprint density at radius 1 is 1.12 bits per heavy atom. The van der Waals surface area contributed by atoms with Crippen LogP contribution in [0.1, 0.15) is 75.9 Å². The van der Waals surface area contributed by atoms with Gasteiger partial charge in [-0.05, 0) is 49.5 Å². The van der Waals surface area contributed by atoms with Crippen molar-refractivity contribution in [2.24, 2.45) is 17.8 Å². The third-order valence-electron chi connectivity index (χ3n) is 7.53. The lowest BCUT2D eigenvalue weighted by Crippen LogP contribution is -2.22. The maximum absolute atomic E-state index is 11.4. The Bertz CT molecular complexity index is 1190. The number of nitriles is 1. The highest BCUT2D eigenvalue weighted by atomic mass is 35.5. The molecule has 0 aliphatic heterocycles. The highest BCUT2D eigenvalue weighted by Gasteiger charge is 2.31. The van der Waals surface area contributed by atoms with Crippen LogP contribution in [0, 0.1) is 29.1 Å². The molecule has 2 fully saturated rings. The van der Waals surface area contributed by atoms with E-state index in [2.05, 4.69) is 27.5 Å². The number of hydrogen-bond donors (Lipinski definition) is 1. The zero-order chi connectivity index (χ0) is 22.9. The van der Waals surface area contributed by atoms with Crippen LogP contribution in [-0.2, 0) is 6.54 Å². The number of halogens is 1. The summed E-state index contributed by atoms with van der Waals surface area (Å²) in [4.78, 5) is 13.8. The zero-order valence-electron chi connectivity index (χ0n) is 19.0. The second-order valence-corrected chi connectivity index (χ2v) is 10.4. The predicted molar refractivity (Wildman–Crippen MR) is 129 cm³/mol. The maximum atomic E-state index is 11.4. The third-order valence-corrected chi connectivity index (χ3v) is 7.74. The van der Waals surface area contributed by atoms with Gasteiger partial charge in [0.1, 0.15) is 23.7 Å². The van der Waals surface area contributed by atoms with Crippen molar-refractivity contribution < 1.29 is 5.11 Å². The minimum absolute atomic E-state index is 0.228. The summed E-state index contributed by atoms with van der Waals surface area (Å²) in [7, 11) is 0. The summed E-state index contributed by atoms with van der Waals surface area (Å²) in [5.41, 5.74) is 3.28. The molecule has 3 heterocycles. The quantitative estimate of drug-likeness (QED) is 0.496. The van der Waals surface area contributed by atoms with Gasteiger partial charge in [-0.15, -0.1) is 0 Å². The molecule has 7 heteroatoms. The molecule has 0 saturated heterocycles. The van der Waals surface area contributed by atoms with Crippen LogP contribution in [0.3, 0.4) is 0 Å². The molecule has 3 aromatic rings. The van der Waals surface area contributed by atoms with Crippen molar-refractivity contribution in [3.8, 4) is 17.3 Å². The second-order valence-electron chi connectivity index (χ2n) is 9.92. The molecule has 6 nitrogen and oxygen atoms in total. The van der Waals surface area contributed by atoms with E-state index >= 15 is 0 Å². The minimum Gasteiger partial charge on any atom is -0.385 e. The van der Waals surface area contributed by atoms with E-state index in [1.54, 1.807) is 18.5 Å². The standard InChI is InChI=1S/C26H30ClN5O/c1-16-6-8-17(9-7-16)15-32-24-22(31-26(32)25(33)18-4-2-3-5-18)11-21(12-28)30-23(24)19-10-20(27)14-29-13-19/h10-11,13-14,16-18,25,33H,2-9,15H2,1H3/t16-,17-,25?. The lowest BCUT2D eigenvalue weighted by Gasteiger charge is -2.28. The summed E-state index contributed by atoms with van der Waals surface area (Å²) in [6.07, 6.45) is 11.9. The topological polar surface area (TPSA) is 87.6 Å². The van der Waals surface area contributed by atoms with E-state index in [0.717, 1.165) is 49.2 Å². The van der Waals surface area contributed by atoms with Crippen molar-refractivity contribution in [2.45, 2.75) is 70.9 Å². The molecular formula is C26H30ClN5O. The van der Waals surface area contributed by atoms with Gasteiger partial charge < -0.3 is 9.67 Å². The monoisotopic (exact) mass is 463 g/mol. The van der Waals surface area contributed by atoms with Crippen LogP contribution in [-0.4, -0.2) is 24.6 Å². The molecule has 2 saturated carbocycles. The molecule has 33 heavy (non-hydrogen) atoms. The van der Waals surface area contributed by atoms with Gasteiger partial charge in [-0.25, -0.2) is 9.97 Å². The molecule has 0 aromatic carbocycles. The van der Waals surface area contributed by atoms with Gasteiger partial charge in [-0.2, -0.15) is 5.26 Å². The number of aliphatic hydroxyl groups is 1. The molecule has 3 aromatic heterocycles. The summed E-state index contributed by atoms with van der Waals surface area (Å²) in [6, 6.07) is 5.73. The molecule has 5 rings (SSSR count). The van der Waals surface area contributed by atoms with E-state index in [1.807, 2.05) is 6.07 Å². The molecular weight excluding hydrogens is 434 g/mol. The van der Waals surface area contributed by atoms with E-state index < -0.39 is 6.10 Å². The van der Waals surface area contributed by atoms with Gasteiger partial charge >= 0.3 is 0 Å². The fraction of sp³-hybridized carbons (Fsp3) is 0.538. The first-order valence-corrected chi connectivity index (χ1v) is 12.5. The molecule has 1 atom stereocenters. The Hall–Kier alpha value is -2.49. The SMILES string of the molecule is C[C@H]1CC[C@H](Cn2c(C(O)C3CCCC3)nc3cc(C#N)nc(-c4cncc(Cl)c4)c32)CC1. The van der Waals surface area contributed by atoms with Crippen molar-refractivity contribution in [2.75, 3.05) is 0 Å². The Morgan fingerprint density at radius 3 is 2.58 bits per heavy atom. The van der Waals surface area contributed by atoms with Gasteiger partial charge in [0, 0.05) is 30.6 Å². The number of fused-ring (bicyclic) bond motifs is 1. The van der Waals surface area contributed by atoms with Crippen molar-refractivity contribution in [1.29, 1.82) is 5.26 Å². The number of nitrogens with zero attached hydrogens (tertiary/aromatic N) is 5. The molecule has 0 radical (unpaired) electrons. The smallest absolute Gasteiger partial charge is 0.143 e. The van der Waals surface area contributed by atoms with Gasteiger partial charge in [0.25, 0.3) is 0 Å². The number of hydrogen-bond acceptors (Lipinski definition) is 5. The fourth-order valence-electron chi connectivity index (χ4n) is 5.64. The van der Waals surface area contributed by atoms with E-state index in [9.17, 15) is 10.4 Å². The van der Waals surface area contributed by atoms with Crippen molar-refractivity contribution in [1.82, 2.24) is 19.5 Å². The molecule has 1 N–H and O–H groups in total.